The number of amides is 1. The normalized spacial score (nSPS) is 25.9. The molecule has 2 aliphatic heterocycles. The van der Waals surface area contributed by atoms with E-state index in [1.54, 1.807) is 7.11 Å². The number of hydrogen-bond acceptors (Lipinski definition) is 3. The van der Waals surface area contributed by atoms with E-state index in [1.807, 2.05) is 29.2 Å². The number of nitrogens with zero attached hydrogens (tertiary/aromatic N) is 1. The third-order valence-corrected chi connectivity index (χ3v) is 4.75. The van der Waals surface area contributed by atoms with Crippen LogP contribution in [-0.2, 0) is 0 Å². The molecule has 2 aliphatic rings. The Kier molecular flexibility index (Phi) is 4.44. The third kappa shape index (κ3) is 3.21. The average molecular weight is 288 g/mol. The predicted molar refractivity (Wildman–Crippen MR) is 82.6 cm³/mol. The first-order valence-electron chi connectivity index (χ1n) is 7.94. The van der Waals surface area contributed by atoms with Gasteiger partial charge in [-0.25, -0.2) is 0 Å². The van der Waals surface area contributed by atoms with E-state index in [0.29, 0.717) is 12.0 Å². The molecule has 2 fully saturated rings. The predicted octanol–water partition coefficient (Wildman–Crippen LogP) is 2.30. The molecule has 2 heterocycles. The number of likely N-dealkylation sites (tertiary alicyclic amines) is 1. The van der Waals surface area contributed by atoms with Crippen LogP contribution in [0.4, 0.5) is 0 Å². The molecule has 1 N–H and O–H groups in total. The monoisotopic (exact) mass is 288 g/mol. The molecule has 3 rings (SSSR count). The Morgan fingerprint density at radius 2 is 2.05 bits per heavy atom. The summed E-state index contributed by atoms with van der Waals surface area (Å²) in [5.74, 6) is 1.56. The number of carbonyl (C=O) groups excluding carboxylic acids is 1. The highest BCUT2D eigenvalue weighted by atomic mass is 16.5. The lowest BCUT2D eigenvalue weighted by Crippen LogP contribution is -2.45. The van der Waals surface area contributed by atoms with Crippen molar-refractivity contribution in [1.29, 1.82) is 0 Å². The molecule has 114 valence electrons. The van der Waals surface area contributed by atoms with E-state index in [9.17, 15) is 4.79 Å². The Hall–Kier alpha value is -1.55. The lowest BCUT2D eigenvalue weighted by Gasteiger charge is -2.36. The number of hydrogen-bond donors (Lipinski definition) is 1. The fourth-order valence-corrected chi connectivity index (χ4v) is 3.55. The second-order valence-corrected chi connectivity index (χ2v) is 6.08. The molecule has 1 aromatic carbocycles. The van der Waals surface area contributed by atoms with Crippen LogP contribution in [0.2, 0.25) is 0 Å². The van der Waals surface area contributed by atoms with Gasteiger partial charge in [0.15, 0.2) is 0 Å². The second-order valence-electron chi connectivity index (χ2n) is 6.08. The highest BCUT2D eigenvalue weighted by Gasteiger charge is 2.31. The fourth-order valence-electron chi connectivity index (χ4n) is 3.55. The van der Waals surface area contributed by atoms with Gasteiger partial charge in [-0.1, -0.05) is 0 Å². The Morgan fingerprint density at radius 3 is 2.71 bits per heavy atom. The van der Waals surface area contributed by atoms with E-state index in [4.69, 9.17) is 4.74 Å². The van der Waals surface area contributed by atoms with Gasteiger partial charge in [0.05, 0.1) is 7.11 Å². The summed E-state index contributed by atoms with van der Waals surface area (Å²) in [5, 5.41) is 3.59. The number of ether oxygens (including phenoxy) is 1. The maximum Gasteiger partial charge on any atom is 0.253 e. The van der Waals surface area contributed by atoms with Crippen LogP contribution in [-0.4, -0.2) is 43.6 Å². The topological polar surface area (TPSA) is 41.6 Å². The molecule has 0 spiro atoms. The molecule has 21 heavy (non-hydrogen) atoms. The number of benzene rings is 1. The van der Waals surface area contributed by atoms with Gasteiger partial charge in [-0.15, -0.1) is 0 Å². The highest BCUT2D eigenvalue weighted by Crippen LogP contribution is 2.26. The van der Waals surface area contributed by atoms with Crippen LogP contribution in [0.15, 0.2) is 24.3 Å². The lowest BCUT2D eigenvalue weighted by molar-refractivity contribution is 0.0651. The van der Waals surface area contributed by atoms with E-state index in [1.165, 1.54) is 19.3 Å². The van der Waals surface area contributed by atoms with E-state index in [2.05, 4.69) is 5.32 Å². The Labute approximate surface area is 126 Å². The highest BCUT2D eigenvalue weighted by molar-refractivity contribution is 5.94. The smallest absolute Gasteiger partial charge is 0.253 e. The molecule has 1 amide bonds. The molecule has 4 heteroatoms. The van der Waals surface area contributed by atoms with Crippen LogP contribution < -0.4 is 10.1 Å². The van der Waals surface area contributed by atoms with Gasteiger partial charge in [-0.3, -0.25) is 4.79 Å². The molecule has 1 aromatic rings. The van der Waals surface area contributed by atoms with Crippen LogP contribution >= 0.6 is 0 Å². The maximum atomic E-state index is 12.6. The summed E-state index contributed by atoms with van der Waals surface area (Å²) in [6, 6.07) is 8.04. The number of piperidine rings is 1. The van der Waals surface area contributed by atoms with Crippen molar-refractivity contribution < 1.29 is 9.53 Å². The van der Waals surface area contributed by atoms with Gasteiger partial charge in [-0.05, 0) is 62.4 Å². The number of nitrogens with one attached hydrogen (secondary N) is 1. The second kappa shape index (κ2) is 6.48. The number of methoxy groups -OCH3 is 1. The molecule has 0 radical (unpaired) electrons. The first-order valence-corrected chi connectivity index (χ1v) is 7.94. The average Bonchev–Trinajstić information content (AvgIpc) is 3.09. The van der Waals surface area contributed by atoms with E-state index in [0.717, 1.165) is 37.4 Å². The van der Waals surface area contributed by atoms with Gasteiger partial charge >= 0.3 is 0 Å². The van der Waals surface area contributed by atoms with Crippen LogP contribution in [0, 0.1) is 5.92 Å². The van der Waals surface area contributed by atoms with Crippen molar-refractivity contribution in [3.8, 4) is 5.75 Å². The van der Waals surface area contributed by atoms with Crippen LogP contribution in [0.5, 0.6) is 5.75 Å². The van der Waals surface area contributed by atoms with Gasteiger partial charge in [0, 0.05) is 24.7 Å². The van der Waals surface area contributed by atoms with Crippen LogP contribution in [0.3, 0.4) is 0 Å². The number of rotatable bonds is 3. The lowest BCUT2D eigenvalue weighted by atomic mass is 9.89. The first-order chi connectivity index (χ1) is 10.3. The standard InChI is InChI=1S/C17H24N2O2/c1-21-15-8-6-13(7-9-15)17(20)19-11-3-4-14(12-19)16-5-2-10-18-16/h6-9,14,16,18H,2-5,10-12H2,1H3. The zero-order valence-corrected chi connectivity index (χ0v) is 12.7. The van der Waals surface area contributed by atoms with Gasteiger partial charge in [0.2, 0.25) is 0 Å². The Morgan fingerprint density at radius 1 is 1.24 bits per heavy atom. The fraction of sp³-hybridized carbons (Fsp3) is 0.588. The molecular formula is C17H24N2O2. The zero-order valence-electron chi connectivity index (χ0n) is 12.7. The SMILES string of the molecule is COc1ccc(C(=O)N2CCCC(C3CCCN3)C2)cc1. The Balaban J connectivity index is 1.65. The van der Waals surface area contributed by atoms with Gasteiger partial charge < -0.3 is 15.0 Å². The van der Waals surface area contributed by atoms with E-state index >= 15 is 0 Å². The van der Waals surface area contributed by atoms with Crippen molar-refractivity contribution in [3.05, 3.63) is 29.8 Å². The summed E-state index contributed by atoms with van der Waals surface area (Å²) in [6.07, 6.45) is 4.89. The van der Waals surface area contributed by atoms with Crippen molar-refractivity contribution in [1.82, 2.24) is 10.2 Å². The molecule has 2 atom stereocenters. The van der Waals surface area contributed by atoms with Crippen molar-refractivity contribution in [2.45, 2.75) is 31.7 Å². The van der Waals surface area contributed by atoms with Gasteiger partial charge in [0.25, 0.3) is 5.91 Å². The minimum absolute atomic E-state index is 0.153. The zero-order chi connectivity index (χ0) is 14.7. The minimum Gasteiger partial charge on any atom is -0.497 e. The Bertz CT molecular complexity index is 480. The third-order valence-electron chi connectivity index (χ3n) is 4.75. The largest absolute Gasteiger partial charge is 0.497 e. The minimum atomic E-state index is 0.153. The van der Waals surface area contributed by atoms with Crippen molar-refractivity contribution >= 4 is 5.91 Å². The van der Waals surface area contributed by atoms with Crippen LogP contribution in [0.1, 0.15) is 36.0 Å². The molecule has 0 bridgehead atoms. The summed E-state index contributed by atoms with van der Waals surface area (Å²) < 4.78 is 5.15. The quantitative estimate of drug-likeness (QED) is 0.928. The number of carbonyl (C=O) groups is 1. The molecule has 0 aliphatic carbocycles. The maximum absolute atomic E-state index is 12.6. The summed E-state index contributed by atoms with van der Waals surface area (Å²) in [7, 11) is 1.64. The molecular weight excluding hydrogens is 264 g/mol. The molecule has 2 unspecified atom stereocenters. The molecule has 0 saturated carbocycles. The molecule has 2 saturated heterocycles. The van der Waals surface area contributed by atoms with E-state index < -0.39 is 0 Å². The van der Waals surface area contributed by atoms with Crippen LogP contribution in [0.25, 0.3) is 0 Å². The molecule has 4 nitrogen and oxygen atoms in total. The van der Waals surface area contributed by atoms with Gasteiger partial charge in [-0.2, -0.15) is 0 Å². The molecule has 0 aromatic heterocycles. The van der Waals surface area contributed by atoms with Crippen molar-refractivity contribution in [2.24, 2.45) is 5.92 Å². The summed E-state index contributed by atoms with van der Waals surface area (Å²) in [5.41, 5.74) is 0.760. The summed E-state index contributed by atoms with van der Waals surface area (Å²) in [4.78, 5) is 14.6. The van der Waals surface area contributed by atoms with Gasteiger partial charge in [0.1, 0.15) is 5.75 Å². The van der Waals surface area contributed by atoms with E-state index in [-0.39, 0.29) is 5.91 Å². The first kappa shape index (κ1) is 14.4. The van der Waals surface area contributed by atoms with Crippen molar-refractivity contribution in [2.75, 3.05) is 26.7 Å². The summed E-state index contributed by atoms with van der Waals surface area (Å²) >= 11 is 0. The summed E-state index contributed by atoms with van der Waals surface area (Å²) in [6.45, 7) is 2.91. The van der Waals surface area contributed by atoms with Crippen molar-refractivity contribution in [3.63, 3.8) is 0 Å².